The van der Waals surface area contributed by atoms with Gasteiger partial charge in [-0.15, -0.1) is 0 Å². The predicted molar refractivity (Wildman–Crippen MR) is 97.1 cm³/mol. The maximum absolute atomic E-state index is 5.63. The van der Waals surface area contributed by atoms with Crippen molar-refractivity contribution in [3.8, 4) is 0 Å². The Balaban J connectivity index is 1.66. The fraction of sp³-hybridized carbons (Fsp3) is 0.588. The Morgan fingerprint density at radius 3 is 2.88 bits per heavy atom. The van der Waals surface area contributed by atoms with Gasteiger partial charge in [-0.2, -0.15) is 4.98 Å². The number of hydrogen-bond donors (Lipinski definition) is 1. The molecule has 0 unspecified atom stereocenters. The molecule has 3 heterocycles. The number of rotatable bonds is 8. The summed E-state index contributed by atoms with van der Waals surface area (Å²) in [5.41, 5.74) is 1.70. The molecule has 142 valence electrons. The highest BCUT2D eigenvalue weighted by Crippen LogP contribution is 2.23. The molecule has 1 saturated heterocycles. The molecule has 1 N–H and O–H groups in total. The van der Waals surface area contributed by atoms with E-state index in [1.165, 1.54) is 0 Å². The summed E-state index contributed by atoms with van der Waals surface area (Å²) in [6.07, 6.45) is 3.53. The summed E-state index contributed by atoms with van der Waals surface area (Å²) in [5, 5.41) is 7.16. The molecule has 0 aromatic carbocycles. The highest BCUT2D eigenvalue weighted by Gasteiger charge is 2.35. The van der Waals surface area contributed by atoms with E-state index >= 15 is 0 Å². The summed E-state index contributed by atoms with van der Waals surface area (Å²) in [6, 6.07) is 2.26. The minimum atomic E-state index is 0.157. The SMILES string of the molecule is COCc1nocc1CNc1nccc(N2C[C@@H](OC)[C@@H](N(C)C)C2)n1. The van der Waals surface area contributed by atoms with Crippen molar-refractivity contribution in [2.45, 2.75) is 25.3 Å². The first-order valence-electron chi connectivity index (χ1n) is 8.54. The molecular weight excluding hydrogens is 336 g/mol. The van der Waals surface area contributed by atoms with E-state index in [9.17, 15) is 0 Å². The monoisotopic (exact) mass is 362 g/mol. The van der Waals surface area contributed by atoms with Crippen molar-refractivity contribution in [3.63, 3.8) is 0 Å². The Labute approximate surface area is 153 Å². The van der Waals surface area contributed by atoms with Gasteiger partial charge in [-0.25, -0.2) is 4.98 Å². The third-order valence-electron chi connectivity index (χ3n) is 4.61. The molecule has 0 spiro atoms. The highest BCUT2D eigenvalue weighted by atomic mass is 16.5. The number of nitrogens with zero attached hydrogens (tertiary/aromatic N) is 5. The average Bonchev–Trinajstić information content (AvgIpc) is 3.27. The van der Waals surface area contributed by atoms with Crippen molar-refractivity contribution >= 4 is 11.8 Å². The van der Waals surface area contributed by atoms with Crippen LogP contribution in [-0.2, 0) is 22.6 Å². The molecule has 3 rings (SSSR count). The lowest BCUT2D eigenvalue weighted by Gasteiger charge is -2.23. The molecule has 9 nitrogen and oxygen atoms in total. The van der Waals surface area contributed by atoms with E-state index in [0.717, 1.165) is 30.2 Å². The summed E-state index contributed by atoms with van der Waals surface area (Å²) in [4.78, 5) is 13.4. The molecular formula is C17H26N6O3. The van der Waals surface area contributed by atoms with E-state index in [4.69, 9.17) is 14.0 Å². The van der Waals surface area contributed by atoms with Gasteiger partial charge in [0.25, 0.3) is 0 Å². The fourth-order valence-corrected chi connectivity index (χ4v) is 3.14. The maximum Gasteiger partial charge on any atom is 0.224 e. The largest absolute Gasteiger partial charge is 0.378 e. The van der Waals surface area contributed by atoms with Crippen molar-refractivity contribution in [2.75, 3.05) is 51.6 Å². The zero-order valence-electron chi connectivity index (χ0n) is 15.7. The number of anilines is 2. The number of methoxy groups -OCH3 is 2. The molecule has 0 bridgehead atoms. The Hall–Kier alpha value is -2.23. The van der Waals surface area contributed by atoms with Crippen molar-refractivity contribution in [2.24, 2.45) is 0 Å². The Morgan fingerprint density at radius 1 is 1.35 bits per heavy atom. The van der Waals surface area contributed by atoms with E-state index in [1.54, 1.807) is 26.7 Å². The van der Waals surface area contributed by atoms with Crippen molar-refractivity contribution in [3.05, 3.63) is 29.8 Å². The lowest BCUT2D eigenvalue weighted by Crippen LogP contribution is -2.39. The van der Waals surface area contributed by atoms with Gasteiger partial charge in [0.15, 0.2) is 0 Å². The van der Waals surface area contributed by atoms with Gasteiger partial charge in [0.1, 0.15) is 17.8 Å². The van der Waals surface area contributed by atoms with Crippen LogP contribution in [0.15, 0.2) is 23.0 Å². The molecule has 2 atom stereocenters. The lowest BCUT2D eigenvalue weighted by molar-refractivity contribution is 0.0639. The van der Waals surface area contributed by atoms with Gasteiger partial charge in [0.2, 0.25) is 5.95 Å². The Morgan fingerprint density at radius 2 is 2.19 bits per heavy atom. The van der Waals surface area contributed by atoms with Gasteiger partial charge < -0.3 is 29.1 Å². The smallest absolute Gasteiger partial charge is 0.224 e. The van der Waals surface area contributed by atoms with E-state index in [0.29, 0.717) is 25.1 Å². The quantitative estimate of drug-likeness (QED) is 0.738. The summed E-state index contributed by atoms with van der Waals surface area (Å²) in [7, 11) is 7.53. The van der Waals surface area contributed by atoms with Gasteiger partial charge in [0.05, 0.1) is 18.8 Å². The molecule has 9 heteroatoms. The van der Waals surface area contributed by atoms with Crippen molar-refractivity contribution in [1.29, 1.82) is 0 Å². The van der Waals surface area contributed by atoms with Crippen LogP contribution in [0.4, 0.5) is 11.8 Å². The molecule has 1 fully saturated rings. The maximum atomic E-state index is 5.63. The van der Waals surface area contributed by atoms with Crippen LogP contribution in [0.1, 0.15) is 11.3 Å². The first kappa shape index (κ1) is 18.6. The van der Waals surface area contributed by atoms with Crippen LogP contribution in [0, 0.1) is 0 Å². The Kier molecular flexibility index (Phi) is 6.02. The molecule has 2 aromatic heterocycles. The number of hydrogen-bond acceptors (Lipinski definition) is 9. The second kappa shape index (κ2) is 8.43. The lowest BCUT2D eigenvalue weighted by atomic mass is 10.2. The number of likely N-dealkylation sites (N-methyl/N-ethyl adjacent to an activating group) is 1. The minimum absolute atomic E-state index is 0.157. The van der Waals surface area contributed by atoms with E-state index in [2.05, 4.69) is 44.3 Å². The Bertz CT molecular complexity index is 707. The summed E-state index contributed by atoms with van der Waals surface area (Å²) >= 11 is 0. The van der Waals surface area contributed by atoms with Crippen molar-refractivity contribution < 1.29 is 14.0 Å². The molecule has 2 aromatic rings. The predicted octanol–water partition coefficient (Wildman–Crippen LogP) is 0.988. The molecule has 0 amide bonds. The van der Waals surface area contributed by atoms with Crippen LogP contribution in [0.5, 0.6) is 0 Å². The standard InChI is InChI=1S/C17H26N6O3/c1-22(2)14-8-23(9-15(14)25-4)16-5-6-18-17(20-16)19-7-12-10-26-21-13(12)11-24-3/h5-6,10,14-15H,7-9,11H2,1-4H3,(H,18,19,20)/t14-,15+/m0/s1. The number of aromatic nitrogens is 3. The molecule has 0 aliphatic carbocycles. The van der Waals surface area contributed by atoms with Crippen LogP contribution in [-0.4, -0.2) is 73.6 Å². The van der Waals surface area contributed by atoms with Crippen LogP contribution < -0.4 is 10.2 Å². The fourth-order valence-electron chi connectivity index (χ4n) is 3.14. The van der Waals surface area contributed by atoms with Gasteiger partial charge in [-0.3, -0.25) is 0 Å². The third-order valence-corrected chi connectivity index (χ3v) is 4.61. The third kappa shape index (κ3) is 4.12. The van der Waals surface area contributed by atoms with Gasteiger partial charge in [0, 0.05) is 45.6 Å². The normalized spacial score (nSPS) is 20.1. The number of ether oxygens (including phenoxy) is 2. The summed E-state index contributed by atoms with van der Waals surface area (Å²) in [6.45, 7) is 2.60. The topological polar surface area (TPSA) is 88.8 Å². The van der Waals surface area contributed by atoms with Crippen LogP contribution >= 0.6 is 0 Å². The molecule has 1 aliphatic heterocycles. The van der Waals surface area contributed by atoms with E-state index in [-0.39, 0.29) is 6.10 Å². The molecule has 1 aliphatic rings. The molecule has 0 saturated carbocycles. The minimum Gasteiger partial charge on any atom is -0.378 e. The first-order chi connectivity index (χ1) is 12.6. The van der Waals surface area contributed by atoms with Crippen LogP contribution in [0.2, 0.25) is 0 Å². The second-order valence-electron chi connectivity index (χ2n) is 6.52. The second-order valence-corrected chi connectivity index (χ2v) is 6.52. The highest BCUT2D eigenvalue weighted by molar-refractivity contribution is 5.44. The molecule has 26 heavy (non-hydrogen) atoms. The van der Waals surface area contributed by atoms with Crippen LogP contribution in [0.25, 0.3) is 0 Å². The van der Waals surface area contributed by atoms with E-state index < -0.39 is 0 Å². The van der Waals surface area contributed by atoms with Gasteiger partial charge in [-0.05, 0) is 20.2 Å². The molecule has 0 radical (unpaired) electrons. The average molecular weight is 362 g/mol. The van der Waals surface area contributed by atoms with E-state index in [1.807, 2.05) is 6.07 Å². The number of nitrogens with one attached hydrogen (secondary N) is 1. The zero-order valence-corrected chi connectivity index (χ0v) is 15.7. The summed E-state index contributed by atoms with van der Waals surface area (Å²) in [5.74, 6) is 1.45. The first-order valence-corrected chi connectivity index (χ1v) is 8.54. The van der Waals surface area contributed by atoms with Gasteiger partial charge in [-0.1, -0.05) is 5.16 Å². The zero-order chi connectivity index (χ0) is 18.5. The van der Waals surface area contributed by atoms with Crippen LogP contribution in [0.3, 0.4) is 0 Å². The summed E-state index contributed by atoms with van der Waals surface area (Å²) < 4.78 is 15.8. The van der Waals surface area contributed by atoms with Gasteiger partial charge >= 0.3 is 0 Å². The van der Waals surface area contributed by atoms with Crippen molar-refractivity contribution in [1.82, 2.24) is 20.0 Å².